The van der Waals surface area contributed by atoms with Gasteiger partial charge in [-0.15, -0.1) is 0 Å². The molecule has 0 atom stereocenters. The highest BCUT2D eigenvalue weighted by Crippen LogP contribution is 2.32. The van der Waals surface area contributed by atoms with Gasteiger partial charge in [-0.3, -0.25) is 0 Å². The fourth-order valence-electron chi connectivity index (χ4n) is 2.22. The number of fused-ring (bicyclic) bond motifs is 1. The summed E-state index contributed by atoms with van der Waals surface area (Å²) >= 11 is 7.00. The number of aromatic nitrogens is 3. The van der Waals surface area contributed by atoms with Crippen molar-refractivity contribution in [1.29, 1.82) is 0 Å². The first-order valence-electron chi connectivity index (χ1n) is 6.12. The molecule has 0 radical (unpaired) electrons. The number of nitrogens with zero attached hydrogens (tertiary/aromatic N) is 4. The maximum Gasteiger partial charge on any atom is 0.173 e. The lowest BCUT2D eigenvalue weighted by Gasteiger charge is -2.23. The monoisotopic (exact) mass is 388 g/mol. The number of anilines is 2. The summed E-state index contributed by atoms with van der Waals surface area (Å²) in [4.78, 5) is 6.94. The summed E-state index contributed by atoms with van der Waals surface area (Å²) in [7, 11) is 0. The van der Waals surface area contributed by atoms with Crippen LogP contribution in [0.2, 0.25) is 0 Å². The van der Waals surface area contributed by atoms with Gasteiger partial charge >= 0.3 is 0 Å². The third-order valence-electron chi connectivity index (χ3n) is 3.20. The van der Waals surface area contributed by atoms with Gasteiger partial charge in [-0.1, -0.05) is 0 Å². The van der Waals surface area contributed by atoms with Crippen LogP contribution in [-0.2, 0) is 0 Å². The van der Waals surface area contributed by atoms with Gasteiger partial charge in [0, 0.05) is 19.6 Å². The third-order valence-corrected chi connectivity index (χ3v) is 4.52. The largest absolute Gasteiger partial charge is 0.383 e. The molecule has 0 unspecified atom stereocenters. The van der Waals surface area contributed by atoms with E-state index < -0.39 is 0 Å². The molecule has 3 heterocycles. The highest BCUT2D eigenvalue weighted by Gasteiger charge is 2.19. The fourth-order valence-corrected chi connectivity index (χ4v) is 3.08. The van der Waals surface area contributed by atoms with Gasteiger partial charge in [0.25, 0.3) is 0 Å². The summed E-state index contributed by atoms with van der Waals surface area (Å²) in [5.41, 5.74) is 6.87. The number of halogens is 2. The molecule has 0 amide bonds. The Morgan fingerprint density at radius 3 is 2.95 bits per heavy atom. The summed E-state index contributed by atoms with van der Waals surface area (Å²) in [5.74, 6) is 1.46. The van der Waals surface area contributed by atoms with E-state index in [1.807, 2.05) is 0 Å². The van der Waals surface area contributed by atoms with Gasteiger partial charge in [0.2, 0.25) is 0 Å². The molecule has 0 bridgehead atoms. The number of hydrogen-bond donors (Lipinski definition) is 2. The van der Waals surface area contributed by atoms with Crippen molar-refractivity contribution in [3.63, 3.8) is 0 Å². The smallest absolute Gasteiger partial charge is 0.173 e. The normalized spacial score (nSPS) is 16.8. The minimum absolute atomic E-state index is 0.572. The Balaban J connectivity index is 2.11. The highest BCUT2D eigenvalue weighted by molar-refractivity contribution is 9.11. The van der Waals surface area contributed by atoms with Crippen LogP contribution in [0.4, 0.5) is 11.6 Å². The molecule has 3 rings (SSSR count). The average molecular weight is 390 g/mol. The Morgan fingerprint density at radius 2 is 2.11 bits per heavy atom. The van der Waals surface area contributed by atoms with Crippen molar-refractivity contribution in [3.05, 3.63) is 15.1 Å². The van der Waals surface area contributed by atoms with E-state index in [1.165, 1.54) is 0 Å². The van der Waals surface area contributed by atoms with Gasteiger partial charge in [-0.2, -0.15) is 9.61 Å². The minimum Gasteiger partial charge on any atom is -0.383 e. The lowest BCUT2D eigenvalue weighted by atomic mass is 10.3. The molecule has 6 nitrogen and oxygen atoms in total. The van der Waals surface area contributed by atoms with E-state index >= 15 is 0 Å². The van der Waals surface area contributed by atoms with Crippen molar-refractivity contribution < 1.29 is 0 Å². The molecule has 1 aliphatic heterocycles. The summed E-state index contributed by atoms with van der Waals surface area (Å²) in [5, 5.41) is 7.59. The lowest BCUT2D eigenvalue weighted by molar-refractivity contribution is 0.724. The first-order chi connectivity index (χ1) is 9.18. The van der Waals surface area contributed by atoms with Gasteiger partial charge < -0.3 is 16.0 Å². The van der Waals surface area contributed by atoms with Crippen LogP contribution in [0.25, 0.3) is 5.65 Å². The van der Waals surface area contributed by atoms with E-state index in [-0.39, 0.29) is 0 Å². The topological polar surface area (TPSA) is 71.5 Å². The summed E-state index contributed by atoms with van der Waals surface area (Å²) in [6.07, 6.45) is 2.80. The summed E-state index contributed by atoms with van der Waals surface area (Å²) in [6, 6.07) is 0. The Morgan fingerprint density at radius 1 is 1.26 bits per heavy atom. The Bertz CT molecular complexity index is 603. The zero-order valence-electron chi connectivity index (χ0n) is 10.2. The molecule has 102 valence electrons. The molecular weight excluding hydrogens is 376 g/mol. The van der Waals surface area contributed by atoms with Crippen molar-refractivity contribution >= 4 is 49.1 Å². The second-order valence-electron chi connectivity index (χ2n) is 4.45. The van der Waals surface area contributed by atoms with Crippen LogP contribution in [0, 0.1) is 0 Å². The van der Waals surface area contributed by atoms with Gasteiger partial charge in [-0.25, -0.2) is 4.98 Å². The SMILES string of the molecule is Nc1c(Br)c(N2CCCNCC2)nc2c(Br)cnn12. The molecule has 2 aromatic rings. The predicted octanol–water partition coefficient (Wildman–Crippen LogP) is 1.64. The van der Waals surface area contributed by atoms with Gasteiger partial charge in [0.15, 0.2) is 5.65 Å². The minimum atomic E-state index is 0.572. The van der Waals surface area contributed by atoms with Crippen molar-refractivity contribution in [3.8, 4) is 0 Å². The highest BCUT2D eigenvalue weighted by atomic mass is 79.9. The van der Waals surface area contributed by atoms with Crippen LogP contribution < -0.4 is 16.0 Å². The van der Waals surface area contributed by atoms with Gasteiger partial charge in [-0.05, 0) is 44.8 Å². The third kappa shape index (κ3) is 2.32. The molecule has 19 heavy (non-hydrogen) atoms. The number of nitrogens with one attached hydrogen (secondary N) is 1. The number of nitrogen functional groups attached to an aromatic ring is 1. The zero-order chi connectivity index (χ0) is 13.4. The number of nitrogens with two attached hydrogens (primary N) is 1. The van der Waals surface area contributed by atoms with Crippen molar-refractivity contribution in [2.45, 2.75) is 6.42 Å². The average Bonchev–Trinajstić information content (AvgIpc) is 2.64. The zero-order valence-corrected chi connectivity index (χ0v) is 13.4. The van der Waals surface area contributed by atoms with E-state index in [4.69, 9.17) is 5.73 Å². The maximum absolute atomic E-state index is 6.13. The second kappa shape index (κ2) is 5.26. The maximum atomic E-state index is 6.13. The molecule has 1 saturated heterocycles. The summed E-state index contributed by atoms with van der Waals surface area (Å²) in [6.45, 7) is 3.90. The summed E-state index contributed by atoms with van der Waals surface area (Å²) < 4.78 is 3.28. The quantitative estimate of drug-likeness (QED) is 0.775. The van der Waals surface area contributed by atoms with Crippen LogP contribution >= 0.6 is 31.9 Å². The van der Waals surface area contributed by atoms with E-state index in [0.717, 1.165) is 53.0 Å². The standard InChI is InChI=1S/C11H14Br2N6/c12-7-6-16-19-9(14)8(13)11(17-10(7)19)18-4-1-2-15-3-5-18/h6,15H,1-5,14H2. The second-order valence-corrected chi connectivity index (χ2v) is 6.10. The van der Waals surface area contributed by atoms with Crippen LogP contribution in [0.1, 0.15) is 6.42 Å². The molecule has 0 aromatic carbocycles. The van der Waals surface area contributed by atoms with E-state index in [9.17, 15) is 0 Å². The number of rotatable bonds is 1. The molecule has 3 N–H and O–H groups in total. The fraction of sp³-hybridized carbons (Fsp3) is 0.455. The van der Waals surface area contributed by atoms with Crippen molar-refractivity contribution in [1.82, 2.24) is 19.9 Å². The van der Waals surface area contributed by atoms with Crippen molar-refractivity contribution in [2.75, 3.05) is 36.8 Å². The Labute approximate surface area is 127 Å². The molecule has 1 fully saturated rings. The predicted molar refractivity (Wildman–Crippen MR) is 82.5 cm³/mol. The molecular formula is C11H14Br2N6. The van der Waals surface area contributed by atoms with E-state index in [1.54, 1.807) is 10.7 Å². The van der Waals surface area contributed by atoms with Crippen LogP contribution in [-0.4, -0.2) is 40.8 Å². The molecule has 0 spiro atoms. The lowest BCUT2D eigenvalue weighted by Crippen LogP contribution is -2.29. The first-order valence-corrected chi connectivity index (χ1v) is 7.71. The van der Waals surface area contributed by atoms with Crippen LogP contribution in [0.3, 0.4) is 0 Å². The molecule has 0 aliphatic carbocycles. The Kier molecular flexibility index (Phi) is 3.64. The molecule has 2 aromatic heterocycles. The molecule has 0 saturated carbocycles. The molecule has 8 heteroatoms. The van der Waals surface area contributed by atoms with Crippen LogP contribution in [0.5, 0.6) is 0 Å². The Hall–Kier alpha value is -0.860. The first kappa shape index (κ1) is 13.1. The van der Waals surface area contributed by atoms with Crippen molar-refractivity contribution in [2.24, 2.45) is 0 Å². The van der Waals surface area contributed by atoms with E-state index in [2.05, 4.69) is 52.2 Å². The van der Waals surface area contributed by atoms with Crippen LogP contribution in [0.15, 0.2) is 15.1 Å². The molecule has 1 aliphatic rings. The van der Waals surface area contributed by atoms with Gasteiger partial charge in [0.1, 0.15) is 16.1 Å². The van der Waals surface area contributed by atoms with Gasteiger partial charge in [0.05, 0.1) is 10.7 Å². The van der Waals surface area contributed by atoms with E-state index in [0.29, 0.717) is 5.82 Å². The number of hydrogen-bond acceptors (Lipinski definition) is 5.